The molecule has 1 aromatic heterocycles. The minimum atomic E-state index is -0.967. The number of fused-ring (bicyclic) bond motifs is 1. The number of ether oxygens (including phenoxy) is 2. The van der Waals surface area contributed by atoms with Gasteiger partial charge >= 0.3 is 5.97 Å². The number of hydrogen-bond donors (Lipinski definition) is 1. The quantitative estimate of drug-likeness (QED) is 0.356. The summed E-state index contributed by atoms with van der Waals surface area (Å²) in [4.78, 5) is 17.9. The number of aromatic nitrogens is 1. The summed E-state index contributed by atoms with van der Waals surface area (Å²) in [5.41, 5.74) is 2.75. The molecular formula is C25H23FN2O4S. The van der Waals surface area contributed by atoms with Gasteiger partial charge in [0.05, 0.1) is 30.0 Å². The Labute approximate surface area is 194 Å². The number of methoxy groups -OCH3 is 2. The predicted molar refractivity (Wildman–Crippen MR) is 127 cm³/mol. The van der Waals surface area contributed by atoms with Crippen LogP contribution in [0.4, 0.5) is 9.52 Å². The molecule has 0 bridgehead atoms. The van der Waals surface area contributed by atoms with E-state index in [4.69, 9.17) is 14.6 Å². The van der Waals surface area contributed by atoms with E-state index >= 15 is 0 Å². The molecule has 0 spiro atoms. The number of carboxylic acids is 1. The molecule has 4 aromatic rings. The third-order valence-corrected chi connectivity index (χ3v) is 6.48. The summed E-state index contributed by atoms with van der Waals surface area (Å²) >= 11 is 1.30. The zero-order valence-electron chi connectivity index (χ0n) is 18.2. The fourth-order valence-corrected chi connectivity index (χ4v) is 4.58. The Bertz CT molecular complexity index is 1270. The van der Waals surface area contributed by atoms with E-state index in [1.54, 1.807) is 50.6 Å². The van der Waals surface area contributed by atoms with Crippen LogP contribution in [0.3, 0.4) is 0 Å². The van der Waals surface area contributed by atoms with E-state index in [1.807, 2.05) is 18.2 Å². The number of carbonyl (C=O) groups is 1. The van der Waals surface area contributed by atoms with Gasteiger partial charge in [0.25, 0.3) is 0 Å². The van der Waals surface area contributed by atoms with Crippen molar-refractivity contribution in [3.05, 3.63) is 83.2 Å². The van der Waals surface area contributed by atoms with Gasteiger partial charge in [-0.25, -0.2) is 14.2 Å². The maximum Gasteiger partial charge on any atom is 0.335 e. The fourth-order valence-electron chi connectivity index (χ4n) is 3.59. The Balaban J connectivity index is 1.65. The van der Waals surface area contributed by atoms with Crippen LogP contribution in [0.25, 0.3) is 10.2 Å². The minimum Gasteiger partial charge on any atom is -0.497 e. The summed E-state index contributed by atoms with van der Waals surface area (Å²) in [5, 5.41) is 9.86. The van der Waals surface area contributed by atoms with E-state index in [9.17, 15) is 9.18 Å². The molecule has 0 saturated heterocycles. The van der Waals surface area contributed by atoms with Crippen molar-refractivity contribution >= 4 is 32.7 Å². The third kappa shape index (κ3) is 5.06. The lowest BCUT2D eigenvalue weighted by Crippen LogP contribution is -2.25. The first-order valence-electron chi connectivity index (χ1n) is 10.3. The second kappa shape index (κ2) is 9.87. The van der Waals surface area contributed by atoms with Crippen molar-refractivity contribution in [2.75, 3.05) is 25.7 Å². The largest absolute Gasteiger partial charge is 0.497 e. The minimum absolute atomic E-state index is 0.230. The standard InChI is InChI=1S/C25H23FN2O4S/c1-31-19-10-11-22(32-2)18(14-19)12-13-28(15-16-6-8-17(9-7-16)24(29)30)25-27-21-5-3-4-20(26)23(21)33-25/h3-11,14H,12-13,15H2,1-2H3,(H,29,30). The van der Waals surface area contributed by atoms with E-state index in [0.717, 1.165) is 22.6 Å². The normalized spacial score (nSPS) is 10.9. The number of benzene rings is 3. The molecule has 0 amide bonds. The van der Waals surface area contributed by atoms with Crippen LogP contribution in [0.1, 0.15) is 21.5 Å². The van der Waals surface area contributed by atoms with Crippen molar-refractivity contribution in [2.45, 2.75) is 13.0 Å². The van der Waals surface area contributed by atoms with Gasteiger partial charge in [0.15, 0.2) is 5.13 Å². The van der Waals surface area contributed by atoms with Crippen LogP contribution in [0.2, 0.25) is 0 Å². The molecule has 1 N–H and O–H groups in total. The van der Waals surface area contributed by atoms with Crippen LogP contribution < -0.4 is 14.4 Å². The molecule has 6 nitrogen and oxygen atoms in total. The summed E-state index contributed by atoms with van der Waals surface area (Å²) < 4.78 is 25.7. The van der Waals surface area contributed by atoms with E-state index in [1.165, 1.54) is 17.4 Å². The Morgan fingerprint density at radius 1 is 1.09 bits per heavy atom. The molecule has 170 valence electrons. The average Bonchev–Trinajstić information content (AvgIpc) is 3.27. The van der Waals surface area contributed by atoms with Gasteiger partial charge in [-0.15, -0.1) is 0 Å². The van der Waals surface area contributed by atoms with E-state index in [-0.39, 0.29) is 11.4 Å². The number of anilines is 1. The second-order valence-electron chi connectivity index (χ2n) is 7.44. The zero-order valence-corrected chi connectivity index (χ0v) is 19.1. The van der Waals surface area contributed by atoms with Crippen LogP contribution in [0, 0.1) is 5.82 Å². The van der Waals surface area contributed by atoms with Crippen LogP contribution in [-0.4, -0.2) is 36.8 Å². The van der Waals surface area contributed by atoms with Crippen LogP contribution in [0.5, 0.6) is 11.5 Å². The summed E-state index contributed by atoms with van der Waals surface area (Å²) in [6.45, 7) is 1.08. The van der Waals surface area contributed by atoms with Crippen LogP contribution >= 0.6 is 11.3 Å². The molecule has 0 aliphatic carbocycles. The van der Waals surface area contributed by atoms with Gasteiger partial charge < -0.3 is 19.5 Å². The summed E-state index contributed by atoms with van der Waals surface area (Å²) in [7, 11) is 3.25. The van der Waals surface area contributed by atoms with Gasteiger partial charge in [0, 0.05) is 13.1 Å². The molecule has 4 rings (SSSR count). The highest BCUT2D eigenvalue weighted by Gasteiger charge is 2.17. The zero-order chi connectivity index (χ0) is 23.4. The van der Waals surface area contributed by atoms with Crippen molar-refractivity contribution in [1.82, 2.24) is 4.98 Å². The average molecular weight is 467 g/mol. The number of thiazole rings is 1. The summed E-state index contributed by atoms with van der Waals surface area (Å²) in [6.07, 6.45) is 0.645. The van der Waals surface area contributed by atoms with Crippen LogP contribution in [0.15, 0.2) is 60.7 Å². The highest BCUT2D eigenvalue weighted by Crippen LogP contribution is 2.32. The number of nitrogens with zero attached hydrogens (tertiary/aromatic N) is 2. The van der Waals surface area contributed by atoms with Crippen molar-refractivity contribution in [1.29, 1.82) is 0 Å². The molecule has 1 heterocycles. The van der Waals surface area contributed by atoms with Crippen LogP contribution in [-0.2, 0) is 13.0 Å². The lowest BCUT2D eigenvalue weighted by molar-refractivity contribution is 0.0697. The third-order valence-electron chi connectivity index (χ3n) is 5.34. The first-order valence-corrected chi connectivity index (χ1v) is 11.1. The predicted octanol–water partition coefficient (Wildman–Crippen LogP) is 5.40. The number of hydrogen-bond acceptors (Lipinski definition) is 6. The fraction of sp³-hybridized carbons (Fsp3) is 0.200. The van der Waals surface area contributed by atoms with E-state index in [2.05, 4.69) is 9.88 Å². The molecule has 0 radical (unpaired) electrons. The first kappa shape index (κ1) is 22.5. The molecule has 0 atom stereocenters. The lowest BCUT2D eigenvalue weighted by atomic mass is 10.1. The van der Waals surface area contributed by atoms with E-state index in [0.29, 0.717) is 34.9 Å². The summed E-state index contributed by atoms with van der Waals surface area (Å²) in [5.74, 6) is 0.238. The molecule has 3 aromatic carbocycles. The smallest absolute Gasteiger partial charge is 0.335 e. The van der Waals surface area contributed by atoms with Crippen molar-refractivity contribution in [3.63, 3.8) is 0 Å². The van der Waals surface area contributed by atoms with Gasteiger partial charge in [-0.1, -0.05) is 29.5 Å². The first-order chi connectivity index (χ1) is 16.0. The Morgan fingerprint density at radius 3 is 2.55 bits per heavy atom. The molecule has 0 aliphatic heterocycles. The monoisotopic (exact) mass is 466 g/mol. The summed E-state index contributed by atoms with van der Waals surface area (Å²) in [6, 6.07) is 17.3. The van der Waals surface area contributed by atoms with Gasteiger partial charge in [-0.3, -0.25) is 0 Å². The Kier molecular flexibility index (Phi) is 6.74. The van der Waals surface area contributed by atoms with Gasteiger partial charge in [0.1, 0.15) is 17.3 Å². The molecule has 0 fully saturated rings. The number of carboxylic acid groups (broad SMARTS) is 1. The highest BCUT2D eigenvalue weighted by atomic mass is 32.1. The topological polar surface area (TPSA) is 71.9 Å². The molecule has 0 unspecified atom stereocenters. The SMILES string of the molecule is COc1ccc(OC)c(CCN(Cc2ccc(C(=O)O)cc2)c2nc3cccc(F)c3s2)c1. The van der Waals surface area contributed by atoms with E-state index < -0.39 is 5.97 Å². The second-order valence-corrected chi connectivity index (χ2v) is 8.41. The molecule has 0 saturated carbocycles. The number of rotatable bonds is 9. The number of halogens is 1. The van der Waals surface area contributed by atoms with Gasteiger partial charge in [-0.05, 0) is 60.0 Å². The van der Waals surface area contributed by atoms with Crippen molar-refractivity contribution < 1.29 is 23.8 Å². The van der Waals surface area contributed by atoms with Gasteiger partial charge in [0.2, 0.25) is 0 Å². The van der Waals surface area contributed by atoms with Crippen molar-refractivity contribution in [2.24, 2.45) is 0 Å². The maximum absolute atomic E-state index is 14.3. The lowest BCUT2D eigenvalue weighted by Gasteiger charge is -2.23. The maximum atomic E-state index is 14.3. The number of aromatic carboxylic acids is 1. The van der Waals surface area contributed by atoms with Gasteiger partial charge in [-0.2, -0.15) is 0 Å². The molecule has 8 heteroatoms. The Morgan fingerprint density at radius 2 is 1.88 bits per heavy atom. The highest BCUT2D eigenvalue weighted by molar-refractivity contribution is 7.22. The molecule has 33 heavy (non-hydrogen) atoms. The van der Waals surface area contributed by atoms with Crippen molar-refractivity contribution in [3.8, 4) is 11.5 Å². The Hall–Kier alpha value is -3.65. The molecule has 0 aliphatic rings. The molecular weight excluding hydrogens is 443 g/mol.